The number of aryl methyl sites for hydroxylation is 1. The molecular formula is C18H27Cl2N5S. The Labute approximate surface area is 172 Å². The number of rotatable bonds is 6. The lowest BCUT2D eigenvalue weighted by molar-refractivity contribution is 0.751. The maximum Gasteiger partial charge on any atom is 0.229 e. The molecule has 26 heavy (non-hydrogen) atoms. The maximum absolute atomic E-state index is 6.05. The zero-order valence-corrected chi connectivity index (χ0v) is 17.6. The average molecular weight is 416 g/mol. The zero-order chi connectivity index (χ0) is 16.9. The molecule has 0 spiro atoms. The standard InChI is InChI=1S/C18H25N5S.2ClH/c1-3-5-14-11-17(23-9-8-13(19)12-23)22-18(20-14)21-15-6-4-7-16(10-15)24-2;;/h4,6-7,10-11,13H,3,5,8-9,12,19H2,1-2H3,(H,20,21,22);2*1H/t13-;;/m0../s1. The Bertz CT molecular complexity index is 701. The van der Waals surface area contributed by atoms with Gasteiger partial charge in [0.25, 0.3) is 0 Å². The first-order chi connectivity index (χ1) is 11.7. The number of nitrogens with one attached hydrogen (secondary N) is 1. The molecule has 2 aromatic rings. The highest BCUT2D eigenvalue weighted by atomic mass is 35.5. The van der Waals surface area contributed by atoms with E-state index in [4.69, 9.17) is 10.7 Å². The summed E-state index contributed by atoms with van der Waals surface area (Å²) < 4.78 is 0. The van der Waals surface area contributed by atoms with E-state index in [2.05, 4.69) is 46.6 Å². The third-order valence-corrected chi connectivity index (χ3v) is 4.87. The molecule has 0 unspecified atom stereocenters. The van der Waals surface area contributed by atoms with E-state index in [0.717, 1.165) is 49.6 Å². The molecule has 0 radical (unpaired) electrons. The van der Waals surface area contributed by atoms with Gasteiger partial charge in [-0.2, -0.15) is 4.98 Å². The fourth-order valence-electron chi connectivity index (χ4n) is 2.91. The molecule has 1 saturated heterocycles. The van der Waals surface area contributed by atoms with Crippen LogP contribution in [0.2, 0.25) is 0 Å². The van der Waals surface area contributed by atoms with Crippen LogP contribution in [0.5, 0.6) is 0 Å². The first kappa shape index (κ1) is 22.8. The van der Waals surface area contributed by atoms with Crippen LogP contribution in [-0.2, 0) is 6.42 Å². The number of anilines is 3. The molecule has 8 heteroatoms. The lowest BCUT2D eigenvalue weighted by atomic mass is 10.2. The van der Waals surface area contributed by atoms with Crippen molar-refractivity contribution in [1.29, 1.82) is 0 Å². The van der Waals surface area contributed by atoms with E-state index in [1.165, 1.54) is 4.90 Å². The van der Waals surface area contributed by atoms with Crippen molar-refractivity contribution in [3.8, 4) is 0 Å². The molecule has 1 aliphatic heterocycles. The van der Waals surface area contributed by atoms with Crippen molar-refractivity contribution in [1.82, 2.24) is 9.97 Å². The molecule has 3 rings (SSSR count). The first-order valence-corrected chi connectivity index (χ1v) is 9.70. The van der Waals surface area contributed by atoms with E-state index in [1.807, 2.05) is 12.1 Å². The summed E-state index contributed by atoms with van der Waals surface area (Å²) in [6, 6.07) is 10.6. The highest BCUT2D eigenvalue weighted by Gasteiger charge is 2.21. The van der Waals surface area contributed by atoms with E-state index in [9.17, 15) is 0 Å². The fourth-order valence-corrected chi connectivity index (χ4v) is 3.37. The Morgan fingerprint density at radius 2 is 2.08 bits per heavy atom. The third-order valence-electron chi connectivity index (χ3n) is 4.15. The molecule has 2 heterocycles. The van der Waals surface area contributed by atoms with Gasteiger partial charge < -0.3 is 16.0 Å². The molecule has 1 aromatic heterocycles. The molecule has 3 N–H and O–H groups in total. The Hall–Kier alpha value is -1.21. The second kappa shape index (κ2) is 10.8. The zero-order valence-electron chi connectivity index (χ0n) is 15.1. The summed E-state index contributed by atoms with van der Waals surface area (Å²) in [5.41, 5.74) is 8.14. The fraction of sp³-hybridized carbons (Fsp3) is 0.444. The van der Waals surface area contributed by atoms with Gasteiger partial charge >= 0.3 is 0 Å². The molecule has 1 atom stereocenters. The third kappa shape index (κ3) is 5.91. The van der Waals surface area contributed by atoms with E-state index < -0.39 is 0 Å². The summed E-state index contributed by atoms with van der Waals surface area (Å²) >= 11 is 1.73. The van der Waals surface area contributed by atoms with Gasteiger partial charge in [0.15, 0.2) is 0 Å². The Kier molecular flexibility index (Phi) is 9.50. The highest BCUT2D eigenvalue weighted by Crippen LogP contribution is 2.24. The minimum Gasteiger partial charge on any atom is -0.355 e. The van der Waals surface area contributed by atoms with Crippen LogP contribution in [0.15, 0.2) is 35.2 Å². The maximum atomic E-state index is 6.05. The molecular weight excluding hydrogens is 389 g/mol. The molecule has 1 aromatic carbocycles. The molecule has 144 valence electrons. The molecule has 0 saturated carbocycles. The largest absolute Gasteiger partial charge is 0.355 e. The summed E-state index contributed by atoms with van der Waals surface area (Å²) in [6.07, 6.45) is 5.12. The van der Waals surface area contributed by atoms with Crippen LogP contribution in [0.25, 0.3) is 0 Å². The van der Waals surface area contributed by atoms with Crippen molar-refractivity contribution >= 4 is 54.0 Å². The number of nitrogens with zero attached hydrogens (tertiary/aromatic N) is 3. The molecule has 0 aliphatic carbocycles. The van der Waals surface area contributed by atoms with Crippen LogP contribution in [0.3, 0.4) is 0 Å². The molecule has 1 aliphatic rings. The van der Waals surface area contributed by atoms with Crippen molar-refractivity contribution in [3.05, 3.63) is 36.0 Å². The van der Waals surface area contributed by atoms with Gasteiger partial charge in [-0.1, -0.05) is 19.4 Å². The predicted octanol–water partition coefficient (Wildman–Crippen LogP) is 4.28. The number of aromatic nitrogens is 2. The summed E-state index contributed by atoms with van der Waals surface area (Å²) in [7, 11) is 0. The second-order valence-corrected chi connectivity index (χ2v) is 7.02. The van der Waals surface area contributed by atoms with Gasteiger partial charge in [-0.05, 0) is 37.3 Å². The molecule has 0 bridgehead atoms. The first-order valence-electron chi connectivity index (χ1n) is 8.47. The normalized spacial score (nSPS) is 16.0. The van der Waals surface area contributed by atoms with Crippen LogP contribution in [-0.4, -0.2) is 35.4 Å². The van der Waals surface area contributed by atoms with Crippen LogP contribution in [0.1, 0.15) is 25.5 Å². The van der Waals surface area contributed by atoms with Gasteiger partial charge in [-0.15, -0.1) is 36.6 Å². The summed E-state index contributed by atoms with van der Waals surface area (Å²) in [4.78, 5) is 12.9. The Morgan fingerprint density at radius 3 is 2.73 bits per heavy atom. The van der Waals surface area contributed by atoms with E-state index in [-0.39, 0.29) is 30.9 Å². The van der Waals surface area contributed by atoms with Gasteiger partial charge in [0, 0.05) is 41.5 Å². The monoisotopic (exact) mass is 415 g/mol. The summed E-state index contributed by atoms with van der Waals surface area (Å²) in [5.74, 6) is 1.64. The van der Waals surface area contributed by atoms with Gasteiger partial charge in [0.1, 0.15) is 5.82 Å². The lowest BCUT2D eigenvalue weighted by Crippen LogP contribution is -2.27. The van der Waals surface area contributed by atoms with Crippen molar-refractivity contribution in [3.63, 3.8) is 0 Å². The van der Waals surface area contributed by atoms with Crippen LogP contribution in [0, 0.1) is 0 Å². The minimum atomic E-state index is 0. The van der Waals surface area contributed by atoms with Crippen molar-refractivity contribution in [2.24, 2.45) is 5.73 Å². The van der Waals surface area contributed by atoms with Crippen LogP contribution in [0.4, 0.5) is 17.5 Å². The molecule has 0 amide bonds. The Morgan fingerprint density at radius 1 is 1.27 bits per heavy atom. The molecule has 5 nitrogen and oxygen atoms in total. The van der Waals surface area contributed by atoms with Crippen LogP contribution < -0.4 is 16.0 Å². The second-order valence-electron chi connectivity index (χ2n) is 6.14. The molecule has 1 fully saturated rings. The average Bonchev–Trinajstić information content (AvgIpc) is 3.02. The van der Waals surface area contributed by atoms with Crippen molar-refractivity contribution in [2.75, 3.05) is 29.6 Å². The quantitative estimate of drug-likeness (QED) is 0.686. The number of nitrogens with two attached hydrogens (primary N) is 1. The van der Waals surface area contributed by atoms with E-state index >= 15 is 0 Å². The van der Waals surface area contributed by atoms with Crippen LogP contribution >= 0.6 is 36.6 Å². The van der Waals surface area contributed by atoms with Gasteiger partial charge in [0.2, 0.25) is 5.95 Å². The summed E-state index contributed by atoms with van der Waals surface area (Å²) in [6.45, 7) is 4.00. The van der Waals surface area contributed by atoms with Gasteiger partial charge in [-0.25, -0.2) is 4.98 Å². The smallest absolute Gasteiger partial charge is 0.229 e. The van der Waals surface area contributed by atoms with Crippen molar-refractivity contribution in [2.45, 2.75) is 37.1 Å². The van der Waals surface area contributed by atoms with E-state index in [1.54, 1.807) is 11.8 Å². The lowest BCUT2D eigenvalue weighted by Gasteiger charge is -2.19. The Balaban J connectivity index is 0.00000169. The topological polar surface area (TPSA) is 67.1 Å². The van der Waals surface area contributed by atoms with Gasteiger partial charge in [-0.3, -0.25) is 0 Å². The van der Waals surface area contributed by atoms with Gasteiger partial charge in [0.05, 0.1) is 0 Å². The summed E-state index contributed by atoms with van der Waals surface area (Å²) in [5, 5.41) is 3.36. The SMILES string of the molecule is CCCc1cc(N2CC[C@H](N)C2)nc(Nc2cccc(SC)c2)n1.Cl.Cl. The predicted molar refractivity (Wildman–Crippen MR) is 117 cm³/mol. The number of hydrogen-bond donors (Lipinski definition) is 2. The minimum absolute atomic E-state index is 0. The number of halogens is 2. The van der Waals surface area contributed by atoms with E-state index in [0.29, 0.717) is 5.95 Å². The number of hydrogen-bond acceptors (Lipinski definition) is 6. The van der Waals surface area contributed by atoms with Crippen molar-refractivity contribution < 1.29 is 0 Å². The number of benzene rings is 1. The number of thioether (sulfide) groups is 1. The highest BCUT2D eigenvalue weighted by molar-refractivity contribution is 7.98.